The summed E-state index contributed by atoms with van der Waals surface area (Å²) in [6.45, 7) is 3.26. The van der Waals surface area contributed by atoms with Crippen LogP contribution in [0.4, 0.5) is 0 Å². The molecule has 0 bridgehead atoms. The van der Waals surface area contributed by atoms with Gasteiger partial charge in [0.05, 0.1) is 0 Å². The number of nitrogens with zero attached hydrogens (tertiary/aromatic N) is 1. The van der Waals surface area contributed by atoms with Crippen molar-refractivity contribution in [3.63, 3.8) is 0 Å². The number of rotatable bonds is 2. The van der Waals surface area contributed by atoms with Gasteiger partial charge in [-0.05, 0) is 18.3 Å². The number of hydrogen-bond donors (Lipinski definition) is 3. The minimum Gasteiger partial charge on any atom is -0.368 e. The summed E-state index contributed by atoms with van der Waals surface area (Å²) in [4.78, 5) is 24.0. The topological polar surface area (TPSA) is 90.9 Å². The fourth-order valence-corrected chi connectivity index (χ4v) is 0.937. The normalized spacial score (nSPS) is 12.4. The van der Waals surface area contributed by atoms with Crippen molar-refractivity contribution < 1.29 is 5.11 Å². The largest absolute Gasteiger partial charge is 0.368 e. The Morgan fingerprint density at radius 3 is 2.77 bits per heavy atom. The van der Waals surface area contributed by atoms with Crippen LogP contribution in [0.5, 0.6) is 0 Å². The number of H-pyrrole nitrogens is 2. The van der Waals surface area contributed by atoms with E-state index in [1.165, 1.54) is 0 Å². The molecule has 70 valence electrons. The molecule has 0 fully saturated rings. The molecule has 7 heteroatoms. The standard InChI is InChI=1S/C6H7N3O3S/c1-2-3(10)9-5(12)4(11)7-6(13)8-9/h2-3,10H,1H2,(H2,7,8,11,13). The zero-order valence-corrected chi connectivity index (χ0v) is 7.30. The summed E-state index contributed by atoms with van der Waals surface area (Å²) in [6.07, 6.45) is -0.192. The maximum Gasteiger partial charge on any atom is 0.333 e. The van der Waals surface area contributed by atoms with Crippen molar-refractivity contribution in [2.24, 2.45) is 0 Å². The molecule has 1 aromatic heterocycles. The molecule has 0 aliphatic rings. The Morgan fingerprint density at radius 2 is 2.23 bits per heavy atom. The Labute approximate surface area is 77.2 Å². The summed E-state index contributed by atoms with van der Waals surface area (Å²) in [5.41, 5.74) is -1.80. The Hall–Kier alpha value is -1.47. The Balaban J connectivity index is 3.55. The highest BCUT2D eigenvalue weighted by atomic mass is 32.1. The van der Waals surface area contributed by atoms with E-state index in [-0.39, 0.29) is 4.77 Å². The monoisotopic (exact) mass is 201 g/mol. The van der Waals surface area contributed by atoms with Gasteiger partial charge in [-0.15, -0.1) is 0 Å². The van der Waals surface area contributed by atoms with Gasteiger partial charge in [0.1, 0.15) is 0 Å². The molecule has 0 saturated heterocycles. The smallest absolute Gasteiger partial charge is 0.333 e. The van der Waals surface area contributed by atoms with Gasteiger partial charge < -0.3 is 5.11 Å². The van der Waals surface area contributed by atoms with E-state index in [1.54, 1.807) is 0 Å². The molecule has 0 radical (unpaired) electrons. The van der Waals surface area contributed by atoms with Crippen LogP contribution in [0.15, 0.2) is 22.2 Å². The molecule has 6 nitrogen and oxygen atoms in total. The molecule has 13 heavy (non-hydrogen) atoms. The van der Waals surface area contributed by atoms with E-state index in [1.807, 2.05) is 0 Å². The van der Waals surface area contributed by atoms with Gasteiger partial charge >= 0.3 is 11.1 Å². The summed E-state index contributed by atoms with van der Waals surface area (Å²) in [5, 5.41) is 11.5. The second kappa shape index (κ2) is 3.50. The molecule has 0 amide bonds. The van der Waals surface area contributed by atoms with E-state index in [2.05, 4.69) is 28.9 Å². The number of aromatic nitrogens is 3. The summed E-state index contributed by atoms with van der Waals surface area (Å²) < 4.78 is 0.652. The zero-order valence-electron chi connectivity index (χ0n) is 6.48. The number of aromatic amines is 2. The van der Waals surface area contributed by atoms with E-state index >= 15 is 0 Å². The van der Waals surface area contributed by atoms with Crippen LogP contribution in [-0.4, -0.2) is 19.9 Å². The van der Waals surface area contributed by atoms with Gasteiger partial charge in [-0.1, -0.05) is 6.58 Å². The van der Waals surface area contributed by atoms with Gasteiger partial charge in [-0.3, -0.25) is 19.7 Å². The first-order chi connectivity index (χ1) is 6.06. The molecule has 0 aliphatic carbocycles. The first-order valence-electron chi connectivity index (χ1n) is 3.32. The molecule has 0 saturated carbocycles. The van der Waals surface area contributed by atoms with E-state index in [0.29, 0.717) is 4.68 Å². The first-order valence-corrected chi connectivity index (χ1v) is 3.73. The van der Waals surface area contributed by atoms with Crippen LogP contribution in [0.2, 0.25) is 0 Å². The Kier molecular flexibility index (Phi) is 2.59. The molecule has 1 heterocycles. The Bertz CT molecular complexity index is 483. The van der Waals surface area contributed by atoms with Gasteiger partial charge in [-0.25, -0.2) is 4.68 Å². The molecule has 1 atom stereocenters. The van der Waals surface area contributed by atoms with Crippen LogP contribution in [0.1, 0.15) is 6.23 Å². The van der Waals surface area contributed by atoms with Gasteiger partial charge in [0, 0.05) is 0 Å². The van der Waals surface area contributed by atoms with Crippen LogP contribution >= 0.6 is 12.2 Å². The second-order valence-corrected chi connectivity index (χ2v) is 2.63. The predicted octanol–water partition coefficient (Wildman–Crippen LogP) is -0.729. The Morgan fingerprint density at radius 1 is 1.62 bits per heavy atom. The molecule has 3 N–H and O–H groups in total. The van der Waals surface area contributed by atoms with E-state index in [9.17, 15) is 14.7 Å². The number of aliphatic hydroxyl groups excluding tert-OH is 1. The fourth-order valence-electron chi connectivity index (χ4n) is 0.746. The van der Waals surface area contributed by atoms with E-state index in [0.717, 1.165) is 6.08 Å². The molecular formula is C6H7N3O3S. The van der Waals surface area contributed by atoms with Crippen molar-refractivity contribution in [3.8, 4) is 0 Å². The van der Waals surface area contributed by atoms with Crippen molar-refractivity contribution in [2.75, 3.05) is 0 Å². The fraction of sp³-hybridized carbons (Fsp3) is 0.167. The van der Waals surface area contributed by atoms with E-state index in [4.69, 9.17) is 0 Å². The van der Waals surface area contributed by atoms with Crippen LogP contribution in [-0.2, 0) is 0 Å². The number of nitrogens with one attached hydrogen (secondary N) is 2. The molecule has 0 aromatic carbocycles. The van der Waals surface area contributed by atoms with Crippen LogP contribution in [0, 0.1) is 4.77 Å². The minimum absolute atomic E-state index is 0.0366. The van der Waals surface area contributed by atoms with Gasteiger partial charge in [0.2, 0.25) is 0 Å². The van der Waals surface area contributed by atoms with Crippen molar-refractivity contribution in [3.05, 3.63) is 38.1 Å². The van der Waals surface area contributed by atoms with Gasteiger partial charge in [0.25, 0.3) is 0 Å². The third kappa shape index (κ3) is 1.82. The molecular weight excluding hydrogens is 194 g/mol. The minimum atomic E-state index is -1.28. The predicted molar refractivity (Wildman–Crippen MR) is 48.0 cm³/mol. The lowest BCUT2D eigenvalue weighted by molar-refractivity contribution is 0.132. The lowest BCUT2D eigenvalue weighted by Gasteiger charge is -2.07. The SMILES string of the molecule is C=CC(O)n1[nH]c(=S)[nH]c(=O)c1=O. The highest BCUT2D eigenvalue weighted by Gasteiger charge is 2.06. The molecule has 0 aliphatic heterocycles. The third-order valence-electron chi connectivity index (χ3n) is 1.34. The lowest BCUT2D eigenvalue weighted by Crippen LogP contribution is -2.39. The highest BCUT2D eigenvalue weighted by molar-refractivity contribution is 7.71. The summed E-state index contributed by atoms with van der Waals surface area (Å²) in [5.74, 6) is 0. The van der Waals surface area contributed by atoms with Crippen LogP contribution in [0.25, 0.3) is 0 Å². The second-order valence-electron chi connectivity index (χ2n) is 2.22. The zero-order chi connectivity index (χ0) is 10.0. The average Bonchev–Trinajstić information content (AvgIpc) is 2.10. The summed E-state index contributed by atoms with van der Waals surface area (Å²) in [6, 6.07) is 0. The summed E-state index contributed by atoms with van der Waals surface area (Å²) >= 11 is 4.60. The average molecular weight is 201 g/mol. The van der Waals surface area contributed by atoms with Crippen molar-refractivity contribution in [2.45, 2.75) is 6.23 Å². The quantitative estimate of drug-likeness (QED) is 0.334. The lowest BCUT2D eigenvalue weighted by atomic mass is 10.5. The van der Waals surface area contributed by atoms with E-state index < -0.39 is 17.3 Å². The van der Waals surface area contributed by atoms with Crippen molar-refractivity contribution in [1.29, 1.82) is 0 Å². The first kappa shape index (κ1) is 9.62. The maximum absolute atomic E-state index is 11.1. The summed E-state index contributed by atoms with van der Waals surface area (Å²) in [7, 11) is 0. The molecule has 1 aromatic rings. The van der Waals surface area contributed by atoms with Crippen molar-refractivity contribution >= 4 is 12.2 Å². The number of hydrogen-bond acceptors (Lipinski definition) is 4. The molecule has 1 rings (SSSR count). The highest BCUT2D eigenvalue weighted by Crippen LogP contribution is 1.92. The maximum atomic E-state index is 11.1. The molecule has 0 spiro atoms. The number of aliphatic hydroxyl groups is 1. The van der Waals surface area contributed by atoms with Crippen LogP contribution < -0.4 is 11.1 Å². The van der Waals surface area contributed by atoms with Gasteiger partial charge in [0.15, 0.2) is 11.0 Å². The van der Waals surface area contributed by atoms with Crippen molar-refractivity contribution in [1.82, 2.24) is 14.8 Å². The third-order valence-corrected chi connectivity index (χ3v) is 1.53. The van der Waals surface area contributed by atoms with Gasteiger partial charge in [-0.2, -0.15) is 0 Å². The van der Waals surface area contributed by atoms with Crippen LogP contribution in [0.3, 0.4) is 0 Å². The molecule has 1 unspecified atom stereocenters.